The van der Waals surface area contributed by atoms with Gasteiger partial charge in [0, 0.05) is 23.6 Å². The van der Waals surface area contributed by atoms with Gasteiger partial charge in [0.1, 0.15) is 0 Å². The summed E-state index contributed by atoms with van der Waals surface area (Å²) in [6, 6.07) is 9.58. The van der Waals surface area contributed by atoms with E-state index in [1.165, 1.54) is 11.8 Å². The Morgan fingerprint density at radius 2 is 2.03 bits per heavy atom. The minimum Gasteiger partial charge on any atom is -0.461 e. The Morgan fingerprint density at radius 1 is 1.18 bits per heavy atom. The molecule has 6 heteroatoms. The van der Waals surface area contributed by atoms with Gasteiger partial charge in [-0.3, -0.25) is 9.69 Å². The van der Waals surface area contributed by atoms with Gasteiger partial charge in [0.15, 0.2) is 5.76 Å². The minimum absolute atomic E-state index is 0.00721. The number of aliphatic hydroxyl groups excluding tert-OH is 2. The molecule has 3 aliphatic carbocycles. The zero-order valence-electron chi connectivity index (χ0n) is 22.9. The summed E-state index contributed by atoms with van der Waals surface area (Å²) in [6.07, 6.45) is 10.4. The van der Waals surface area contributed by atoms with E-state index in [9.17, 15) is 20.1 Å². The van der Waals surface area contributed by atoms with E-state index in [1.807, 2.05) is 12.1 Å². The fourth-order valence-electron chi connectivity index (χ4n) is 7.38. The van der Waals surface area contributed by atoms with Crippen molar-refractivity contribution in [2.45, 2.75) is 95.3 Å². The normalized spacial score (nSPS) is 32.7. The molecule has 3 N–H and O–H groups in total. The summed E-state index contributed by atoms with van der Waals surface area (Å²) in [5, 5.41) is 33.1. The Morgan fingerprint density at radius 3 is 2.79 bits per heavy atom. The van der Waals surface area contributed by atoms with Gasteiger partial charge in [0.2, 0.25) is 5.78 Å². The molecule has 0 spiro atoms. The highest BCUT2D eigenvalue weighted by Crippen LogP contribution is 2.59. The molecule has 1 aliphatic heterocycles. The van der Waals surface area contributed by atoms with Gasteiger partial charge in [-0.2, -0.15) is 0 Å². The molecule has 5 atom stereocenters. The highest BCUT2D eigenvalue weighted by molar-refractivity contribution is 6.08. The molecule has 206 valence electrons. The largest absolute Gasteiger partial charge is 0.461 e. The average molecular weight is 522 g/mol. The summed E-state index contributed by atoms with van der Waals surface area (Å²) in [5.41, 5.74) is 2.38. The van der Waals surface area contributed by atoms with Crippen LogP contribution in [0.25, 0.3) is 0 Å². The van der Waals surface area contributed by atoms with Crippen molar-refractivity contribution in [2.24, 2.45) is 5.41 Å². The van der Waals surface area contributed by atoms with E-state index < -0.39 is 17.1 Å². The van der Waals surface area contributed by atoms with Crippen molar-refractivity contribution in [3.63, 3.8) is 0 Å². The van der Waals surface area contributed by atoms with Crippen LogP contribution in [0.2, 0.25) is 0 Å². The first-order chi connectivity index (χ1) is 18.2. The van der Waals surface area contributed by atoms with Crippen molar-refractivity contribution in [1.82, 2.24) is 4.90 Å². The lowest BCUT2D eigenvalue weighted by Crippen LogP contribution is -2.53. The summed E-state index contributed by atoms with van der Waals surface area (Å²) in [6.45, 7) is 5.89. The summed E-state index contributed by atoms with van der Waals surface area (Å²) < 4.78 is 5.51. The van der Waals surface area contributed by atoms with E-state index in [0.29, 0.717) is 37.1 Å². The highest BCUT2D eigenvalue weighted by Gasteiger charge is 2.57. The van der Waals surface area contributed by atoms with Crippen LogP contribution in [0.5, 0.6) is 0 Å². The Labute approximate surface area is 226 Å². The number of likely N-dealkylation sites (tertiary alicyclic amines) is 1. The number of allylic oxidation sites excluding steroid dienone is 2. The second kappa shape index (κ2) is 11.1. The minimum atomic E-state index is -0.936. The maximum absolute atomic E-state index is 13.7. The number of carbonyl (C=O) groups is 1. The Balaban J connectivity index is 1.59. The van der Waals surface area contributed by atoms with Gasteiger partial charge >= 0.3 is 0 Å². The maximum atomic E-state index is 13.7. The second-order valence-electron chi connectivity index (χ2n) is 12.2. The fraction of sp³-hybridized carbons (Fsp3) is 0.594. The molecule has 1 saturated heterocycles. The summed E-state index contributed by atoms with van der Waals surface area (Å²) in [4.78, 5) is 16.0. The van der Waals surface area contributed by atoms with Crippen LogP contribution >= 0.6 is 0 Å². The molecule has 6 nitrogen and oxygen atoms in total. The lowest BCUT2D eigenvalue weighted by molar-refractivity contribution is -0.0875. The van der Waals surface area contributed by atoms with E-state index in [4.69, 9.17) is 4.42 Å². The van der Waals surface area contributed by atoms with Gasteiger partial charge in [0.05, 0.1) is 24.6 Å². The highest BCUT2D eigenvalue weighted by atomic mass is 16.3. The molecule has 2 bridgehead atoms. The molecule has 1 aromatic carbocycles. The van der Waals surface area contributed by atoms with Crippen LogP contribution in [0.4, 0.5) is 0 Å². The molecule has 2 aromatic rings. The molecular formula is C32H43NO5. The number of carbonyl (C=O) groups excluding carboxylic acids is 1. The smallest absolute Gasteiger partial charge is 0.228 e. The van der Waals surface area contributed by atoms with Crippen molar-refractivity contribution in [1.29, 1.82) is 0 Å². The fourth-order valence-corrected chi connectivity index (χ4v) is 7.38. The standard InChI is InChI=1S/C32H43NO5/c1-22-6-3-14-31(2)28(13-15-32(31,37)21-33-16-4-7-24(33)20-34)26-12-10-23(18-25(35)11-9-22)19-27(26)30(36)29-8-5-17-38-29/h5-6,8,10,12,17,19,24-25,28,34-35,37H,3-4,7,9,11,13-16,18,20-21H2,1-2H3/t24-,25-,28-,31-,32+/m0/s1. The molecule has 2 fully saturated rings. The molecule has 0 amide bonds. The number of benzene rings is 1. The van der Waals surface area contributed by atoms with E-state index in [2.05, 4.69) is 30.9 Å². The number of aliphatic hydroxyl groups is 3. The molecule has 38 heavy (non-hydrogen) atoms. The zero-order valence-corrected chi connectivity index (χ0v) is 22.9. The Bertz CT molecular complexity index is 1160. The van der Waals surface area contributed by atoms with Crippen LogP contribution in [0.15, 0.2) is 52.7 Å². The van der Waals surface area contributed by atoms with Crippen molar-refractivity contribution in [3.8, 4) is 0 Å². The monoisotopic (exact) mass is 521 g/mol. The van der Waals surface area contributed by atoms with Crippen LogP contribution in [0.1, 0.15) is 98.4 Å². The zero-order chi connectivity index (χ0) is 26.9. The molecule has 1 saturated carbocycles. The third-order valence-corrected chi connectivity index (χ3v) is 9.84. The van der Waals surface area contributed by atoms with Crippen LogP contribution in [0, 0.1) is 5.41 Å². The molecule has 0 radical (unpaired) electrons. The van der Waals surface area contributed by atoms with E-state index in [0.717, 1.165) is 56.2 Å². The molecule has 1 aromatic heterocycles. The lowest BCUT2D eigenvalue weighted by atomic mass is 9.64. The first kappa shape index (κ1) is 27.3. The Hall–Kier alpha value is -2.25. The van der Waals surface area contributed by atoms with Gasteiger partial charge in [0.25, 0.3) is 0 Å². The summed E-state index contributed by atoms with van der Waals surface area (Å²) in [7, 11) is 0. The van der Waals surface area contributed by atoms with Gasteiger partial charge in [-0.15, -0.1) is 0 Å². The number of β-amino-alcohol motifs (C(OH)–C–C–N with tert-alkyl or cyclic N) is 1. The Kier molecular flexibility index (Phi) is 7.97. The summed E-state index contributed by atoms with van der Waals surface area (Å²) in [5.74, 6) is 0.149. The molecule has 4 aliphatic rings. The number of nitrogens with zero attached hydrogens (tertiary/aromatic N) is 1. The van der Waals surface area contributed by atoms with Gasteiger partial charge in [-0.25, -0.2) is 0 Å². The quantitative estimate of drug-likeness (QED) is 0.379. The van der Waals surface area contributed by atoms with Crippen molar-refractivity contribution >= 4 is 5.78 Å². The predicted octanol–water partition coefficient (Wildman–Crippen LogP) is 5.01. The van der Waals surface area contributed by atoms with Crippen molar-refractivity contribution in [2.75, 3.05) is 19.7 Å². The number of fused-ring (bicyclic) bond motifs is 8. The number of ketones is 1. The van der Waals surface area contributed by atoms with E-state index >= 15 is 0 Å². The number of rotatable bonds is 5. The van der Waals surface area contributed by atoms with Crippen molar-refractivity contribution < 1.29 is 24.5 Å². The number of hydrogen-bond donors (Lipinski definition) is 3. The summed E-state index contributed by atoms with van der Waals surface area (Å²) >= 11 is 0. The molecule has 2 heterocycles. The van der Waals surface area contributed by atoms with E-state index in [1.54, 1.807) is 12.1 Å². The third kappa shape index (κ3) is 5.16. The molecule has 6 rings (SSSR count). The first-order valence-corrected chi connectivity index (χ1v) is 14.4. The van der Waals surface area contributed by atoms with Gasteiger partial charge in [-0.05, 0) is 106 Å². The SMILES string of the molecule is CC1=CCC[C@@]2(C)[C@@H](CC[C@@]2(O)CN2CCC[C@H]2CO)c2ccc(cc2C(=O)c2ccco2)C[C@@H](O)CC1. The molecule has 0 unspecified atom stereocenters. The lowest BCUT2D eigenvalue weighted by Gasteiger charge is -2.46. The first-order valence-electron chi connectivity index (χ1n) is 14.4. The predicted molar refractivity (Wildman–Crippen MR) is 147 cm³/mol. The van der Waals surface area contributed by atoms with Gasteiger partial charge in [-0.1, -0.05) is 30.7 Å². The third-order valence-electron chi connectivity index (χ3n) is 9.84. The maximum Gasteiger partial charge on any atom is 0.228 e. The number of hydrogen-bond acceptors (Lipinski definition) is 6. The second-order valence-corrected chi connectivity index (χ2v) is 12.2. The van der Waals surface area contributed by atoms with E-state index in [-0.39, 0.29) is 24.3 Å². The van der Waals surface area contributed by atoms with Crippen LogP contribution < -0.4 is 0 Å². The number of furan rings is 1. The average Bonchev–Trinajstić information content (AvgIpc) is 3.64. The van der Waals surface area contributed by atoms with Crippen LogP contribution in [-0.2, 0) is 6.42 Å². The van der Waals surface area contributed by atoms with Crippen LogP contribution in [0.3, 0.4) is 0 Å². The van der Waals surface area contributed by atoms with Gasteiger partial charge < -0.3 is 19.7 Å². The topological polar surface area (TPSA) is 94.1 Å². The van der Waals surface area contributed by atoms with Crippen LogP contribution in [-0.4, -0.2) is 63.4 Å². The van der Waals surface area contributed by atoms with Crippen molar-refractivity contribution in [3.05, 3.63) is 70.7 Å². The molecular weight excluding hydrogens is 478 g/mol.